The molecule has 0 spiro atoms. The van der Waals surface area contributed by atoms with E-state index in [0.717, 1.165) is 0 Å². The van der Waals surface area contributed by atoms with E-state index in [0.29, 0.717) is 28.1 Å². The minimum Gasteiger partial charge on any atom is -0.360 e. The minimum atomic E-state index is -4.39. The van der Waals surface area contributed by atoms with Gasteiger partial charge >= 0.3 is 6.18 Å². The largest absolute Gasteiger partial charge is 0.405 e. The van der Waals surface area contributed by atoms with Crippen LogP contribution in [0.3, 0.4) is 0 Å². The van der Waals surface area contributed by atoms with Gasteiger partial charge in [0.2, 0.25) is 12.3 Å². The van der Waals surface area contributed by atoms with E-state index >= 15 is 0 Å². The van der Waals surface area contributed by atoms with Gasteiger partial charge in [-0.25, -0.2) is 0 Å². The van der Waals surface area contributed by atoms with Crippen LogP contribution in [-0.2, 0) is 6.54 Å². The van der Waals surface area contributed by atoms with Crippen LogP contribution in [0.1, 0.15) is 16.2 Å². The van der Waals surface area contributed by atoms with Crippen molar-refractivity contribution < 1.29 is 22.5 Å². The van der Waals surface area contributed by atoms with E-state index < -0.39 is 12.7 Å². The summed E-state index contributed by atoms with van der Waals surface area (Å²) in [5.41, 5.74) is 1.31. The van der Waals surface area contributed by atoms with Crippen LogP contribution in [0.25, 0.3) is 11.0 Å². The molecule has 4 aromatic rings. The smallest absolute Gasteiger partial charge is 0.360 e. The molecule has 0 aliphatic heterocycles. The van der Waals surface area contributed by atoms with Gasteiger partial charge in [-0.15, -0.1) is 0 Å². The Bertz CT molecular complexity index is 1170. The number of hydrogen-bond acceptors (Lipinski definition) is 8. The van der Waals surface area contributed by atoms with E-state index in [9.17, 15) is 18.0 Å². The Balaban J connectivity index is 1.45. The maximum atomic E-state index is 12.6. The summed E-state index contributed by atoms with van der Waals surface area (Å²) in [5, 5.41) is 11.9. The molecule has 0 saturated heterocycles. The lowest BCUT2D eigenvalue weighted by molar-refractivity contribution is -0.115. The first kappa shape index (κ1) is 20.1. The summed E-state index contributed by atoms with van der Waals surface area (Å²) < 4.78 is 42.3. The SMILES string of the molecule is O=C(NCc1ncon1)c1ccc(Nc2nc(NCC(F)(F)F)c3cc[nH]c3n2)cc1. The Morgan fingerprint density at radius 1 is 1.13 bits per heavy atom. The molecule has 0 unspecified atom stereocenters. The van der Waals surface area contributed by atoms with Crippen LogP contribution in [0.15, 0.2) is 47.4 Å². The van der Waals surface area contributed by atoms with Crippen molar-refractivity contribution in [2.24, 2.45) is 0 Å². The fourth-order valence-corrected chi connectivity index (χ4v) is 2.68. The highest BCUT2D eigenvalue weighted by atomic mass is 19.4. The summed E-state index contributed by atoms with van der Waals surface area (Å²) in [6.07, 6.45) is -1.66. The van der Waals surface area contributed by atoms with Crippen molar-refractivity contribution in [2.75, 3.05) is 17.2 Å². The zero-order chi connectivity index (χ0) is 21.8. The summed E-state index contributed by atoms with van der Waals surface area (Å²) in [6.45, 7) is -1.11. The number of rotatable bonds is 7. The van der Waals surface area contributed by atoms with Crippen molar-refractivity contribution in [1.82, 2.24) is 30.4 Å². The number of aromatic amines is 1. The van der Waals surface area contributed by atoms with Gasteiger partial charge in [0.15, 0.2) is 5.82 Å². The molecule has 0 bridgehead atoms. The van der Waals surface area contributed by atoms with Gasteiger partial charge in [-0.1, -0.05) is 5.16 Å². The zero-order valence-corrected chi connectivity index (χ0v) is 15.7. The average molecular weight is 432 g/mol. The Morgan fingerprint density at radius 2 is 1.94 bits per heavy atom. The molecule has 4 rings (SSSR count). The van der Waals surface area contributed by atoms with Gasteiger partial charge in [0.05, 0.1) is 11.9 Å². The third-order valence-corrected chi connectivity index (χ3v) is 4.09. The number of benzene rings is 1. The highest BCUT2D eigenvalue weighted by molar-refractivity contribution is 5.94. The molecule has 10 nitrogen and oxygen atoms in total. The van der Waals surface area contributed by atoms with Gasteiger partial charge in [-0.3, -0.25) is 4.79 Å². The minimum absolute atomic E-state index is 0.0449. The van der Waals surface area contributed by atoms with Gasteiger partial charge in [0.25, 0.3) is 5.91 Å². The molecule has 0 atom stereocenters. The average Bonchev–Trinajstić information content (AvgIpc) is 3.42. The third-order valence-electron chi connectivity index (χ3n) is 4.09. The number of anilines is 3. The van der Waals surface area contributed by atoms with E-state index in [2.05, 4.69) is 45.6 Å². The van der Waals surface area contributed by atoms with E-state index in [-0.39, 0.29) is 24.2 Å². The van der Waals surface area contributed by atoms with E-state index in [1.54, 1.807) is 36.5 Å². The number of halogens is 3. The van der Waals surface area contributed by atoms with Gasteiger partial charge in [0.1, 0.15) is 18.0 Å². The number of alkyl halides is 3. The second-order valence-electron chi connectivity index (χ2n) is 6.34. The Hall–Kier alpha value is -4.16. The van der Waals surface area contributed by atoms with E-state index in [1.807, 2.05) is 0 Å². The number of fused-ring (bicyclic) bond motifs is 1. The lowest BCUT2D eigenvalue weighted by Gasteiger charge is -2.12. The molecule has 1 amide bonds. The molecule has 13 heteroatoms. The fraction of sp³-hybridized carbons (Fsp3) is 0.167. The molecule has 4 N–H and O–H groups in total. The summed E-state index contributed by atoms with van der Waals surface area (Å²) in [6, 6.07) is 7.97. The number of nitrogens with one attached hydrogen (secondary N) is 4. The topological polar surface area (TPSA) is 134 Å². The molecule has 3 aromatic heterocycles. The van der Waals surface area contributed by atoms with Crippen LogP contribution in [0, 0.1) is 0 Å². The van der Waals surface area contributed by atoms with Crippen molar-refractivity contribution in [3.8, 4) is 0 Å². The molecule has 31 heavy (non-hydrogen) atoms. The lowest BCUT2D eigenvalue weighted by atomic mass is 10.2. The maximum absolute atomic E-state index is 12.6. The third kappa shape index (κ3) is 5.07. The standard InChI is InChI=1S/C18H15F3N8O2/c19-18(20,21)8-24-15-12-5-6-22-14(12)27-17(28-15)26-11-3-1-10(2-4-11)16(30)23-7-13-25-9-31-29-13/h1-6,9H,7-8H2,(H,23,30)(H3,22,24,26,27,28). The Kier molecular flexibility index (Phi) is 5.39. The Morgan fingerprint density at radius 3 is 2.65 bits per heavy atom. The van der Waals surface area contributed by atoms with Crippen molar-refractivity contribution in [1.29, 1.82) is 0 Å². The number of nitrogens with zero attached hydrogens (tertiary/aromatic N) is 4. The first-order valence-electron chi connectivity index (χ1n) is 8.94. The number of aromatic nitrogens is 5. The normalized spacial score (nSPS) is 11.5. The second kappa shape index (κ2) is 8.30. The predicted octanol–water partition coefficient (Wildman–Crippen LogP) is 2.99. The van der Waals surface area contributed by atoms with Gasteiger partial charge < -0.3 is 25.5 Å². The van der Waals surface area contributed by atoms with Crippen molar-refractivity contribution in [3.63, 3.8) is 0 Å². The second-order valence-corrected chi connectivity index (χ2v) is 6.34. The molecule has 0 aliphatic rings. The number of carbonyl (C=O) groups is 1. The molecule has 0 radical (unpaired) electrons. The van der Waals surface area contributed by atoms with Crippen molar-refractivity contribution >= 4 is 34.4 Å². The summed E-state index contributed by atoms with van der Waals surface area (Å²) in [7, 11) is 0. The Labute approximate surface area is 172 Å². The number of amides is 1. The first-order chi connectivity index (χ1) is 14.9. The first-order valence-corrected chi connectivity index (χ1v) is 8.94. The van der Waals surface area contributed by atoms with Crippen molar-refractivity contribution in [3.05, 3.63) is 54.3 Å². The van der Waals surface area contributed by atoms with Crippen LogP contribution in [0.5, 0.6) is 0 Å². The van der Waals surface area contributed by atoms with E-state index in [1.165, 1.54) is 6.39 Å². The number of carbonyl (C=O) groups excluding carboxylic acids is 1. The highest BCUT2D eigenvalue weighted by Crippen LogP contribution is 2.24. The molecular weight excluding hydrogens is 417 g/mol. The zero-order valence-electron chi connectivity index (χ0n) is 15.7. The number of hydrogen-bond donors (Lipinski definition) is 4. The quantitative estimate of drug-likeness (QED) is 0.350. The fourth-order valence-electron chi connectivity index (χ4n) is 2.68. The predicted molar refractivity (Wildman–Crippen MR) is 104 cm³/mol. The van der Waals surface area contributed by atoms with Crippen molar-refractivity contribution in [2.45, 2.75) is 12.7 Å². The van der Waals surface area contributed by atoms with E-state index in [4.69, 9.17) is 0 Å². The summed E-state index contributed by atoms with van der Waals surface area (Å²) in [4.78, 5) is 27.2. The molecule has 0 fully saturated rings. The maximum Gasteiger partial charge on any atom is 0.405 e. The van der Waals surface area contributed by atoms with Crippen LogP contribution >= 0.6 is 0 Å². The monoisotopic (exact) mass is 432 g/mol. The molecule has 1 aromatic carbocycles. The van der Waals surface area contributed by atoms with Crippen LogP contribution < -0.4 is 16.0 Å². The molecule has 0 saturated carbocycles. The van der Waals surface area contributed by atoms with Crippen LogP contribution in [0.4, 0.5) is 30.6 Å². The molecule has 3 heterocycles. The number of H-pyrrole nitrogens is 1. The highest BCUT2D eigenvalue weighted by Gasteiger charge is 2.27. The summed E-state index contributed by atoms with van der Waals surface area (Å²) in [5.74, 6) is 0.148. The van der Waals surface area contributed by atoms with Crippen LogP contribution in [0.2, 0.25) is 0 Å². The van der Waals surface area contributed by atoms with Gasteiger partial charge in [-0.2, -0.15) is 28.1 Å². The molecule has 160 valence electrons. The lowest BCUT2D eigenvalue weighted by Crippen LogP contribution is -2.23. The van der Waals surface area contributed by atoms with Gasteiger partial charge in [-0.05, 0) is 30.3 Å². The molecule has 0 aliphatic carbocycles. The van der Waals surface area contributed by atoms with Gasteiger partial charge in [0, 0.05) is 17.4 Å². The van der Waals surface area contributed by atoms with Crippen LogP contribution in [-0.4, -0.2) is 43.7 Å². The molecular formula is C18H15F3N8O2. The summed E-state index contributed by atoms with van der Waals surface area (Å²) >= 11 is 0.